The zero-order valence-electron chi connectivity index (χ0n) is 10.8. The van der Waals surface area contributed by atoms with Gasteiger partial charge in [-0.15, -0.1) is 0 Å². The maximum Gasteiger partial charge on any atom is 0.246 e. The topological polar surface area (TPSA) is 107 Å². The normalized spacial score (nSPS) is 15.6. The highest BCUT2D eigenvalue weighted by Gasteiger charge is 2.25. The van der Waals surface area contributed by atoms with E-state index in [1.165, 1.54) is 10.9 Å². The average Bonchev–Trinajstić information content (AvgIpc) is 2.50. The SMILES string of the molecule is Cc1c(S(=O)(=O)NCC(C)S(C)=O)c(N)nn1C. The number of aryl methyl sites for hydroxylation is 1. The molecule has 7 nitrogen and oxygen atoms in total. The van der Waals surface area contributed by atoms with E-state index in [0.717, 1.165) is 0 Å². The van der Waals surface area contributed by atoms with Crippen LogP contribution in [0.25, 0.3) is 0 Å². The molecule has 0 aliphatic heterocycles. The minimum atomic E-state index is -3.72. The summed E-state index contributed by atoms with van der Waals surface area (Å²) in [6.07, 6.45) is 1.53. The quantitative estimate of drug-likeness (QED) is 0.751. The molecule has 1 heterocycles. The monoisotopic (exact) mass is 294 g/mol. The molecule has 104 valence electrons. The molecule has 0 bridgehead atoms. The third kappa shape index (κ3) is 3.09. The van der Waals surface area contributed by atoms with Gasteiger partial charge in [-0.2, -0.15) is 5.10 Å². The number of hydrogen-bond donors (Lipinski definition) is 2. The van der Waals surface area contributed by atoms with Gasteiger partial charge < -0.3 is 5.73 Å². The van der Waals surface area contributed by atoms with Crippen molar-refractivity contribution in [3.8, 4) is 0 Å². The van der Waals surface area contributed by atoms with Crippen LogP contribution in [0.5, 0.6) is 0 Å². The molecule has 0 aromatic carbocycles. The molecule has 0 radical (unpaired) electrons. The molecule has 1 rings (SSSR count). The van der Waals surface area contributed by atoms with Crippen molar-refractivity contribution in [1.82, 2.24) is 14.5 Å². The Hall–Kier alpha value is -0.930. The lowest BCUT2D eigenvalue weighted by Gasteiger charge is -2.10. The van der Waals surface area contributed by atoms with Crippen molar-refractivity contribution in [1.29, 1.82) is 0 Å². The Bertz CT molecular complexity index is 565. The van der Waals surface area contributed by atoms with Gasteiger partial charge >= 0.3 is 0 Å². The fraction of sp³-hybridized carbons (Fsp3) is 0.667. The largest absolute Gasteiger partial charge is 0.381 e. The molecule has 3 N–H and O–H groups in total. The van der Waals surface area contributed by atoms with Crippen LogP contribution >= 0.6 is 0 Å². The van der Waals surface area contributed by atoms with Crippen LogP contribution in [0, 0.1) is 6.92 Å². The van der Waals surface area contributed by atoms with Gasteiger partial charge in [-0.05, 0) is 13.8 Å². The van der Waals surface area contributed by atoms with E-state index < -0.39 is 20.8 Å². The number of hydrogen-bond acceptors (Lipinski definition) is 5. The van der Waals surface area contributed by atoms with E-state index in [4.69, 9.17) is 5.73 Å². The highest BCUT2D eigenvalue weighted by molar-refractivity contribution is 7.89. The first-order valence-corrected chi connectivity index (χ1v) is 8.38. The second-order valence-electron chi connectivity index (χ2n) is 4.08. The molecule has 0 fully saturated rings. The maximum atomic E-state index is 12.1. The van der Waals surface area contributed by atoms with Gasteiger partial charge in [-0.25, -0.2) is 13.1 Å². The predicted octanol–water partition coefficient (Wildman–Crippen LogP) is -0.644. The van der Waals surface area contributed by atoms with Gasteiger partial charge in [0.2, 0.25) is 10.0 Å². The summed E-state index contributed by atoms with van der Waals surface area (Å²) in [5.74, 6) is -0.0345. The third-order valence-corrected chi connectivity index (χ3v) is 5.59. The van der Waals surface area contributed by atoms with Crippen molar-refractivity contribution in [2.24, 2.45) is 7.05 Å². The Morgan fingerprint density at radius 2 is 2.11 bits per heavy atom. The Balaban J connectivity index is 2.97. The van der Waals surface area contributed by atoms with Crippen LogP contribution in [0.4, 0.5) is 5.82 Å². The van der Waals surface area contributed by atoms with Gasteiger partial charge in [0.25, 0.3) is 0 Å². The third-order valence-electron chi connectivity index (χ3n) is 2.70. The van der Waals surface area contributed by atoms with E-state index in [1.54, 1.807) is 20.9 Å². The summed E-state index contributed by atoms with van der Waals surface area (Å²) in [6.45, 7) is 3.43. The summed E-state index contributed by atoms with van der Waals surface area (Å²) in [6, 6.07) is 0. The molecule has 9 heteroatoms. The molecule has 0 amide bonds. The van der Waals surface area contributed by atoms with E-state index >= 15 is 0 Å². The molecule has 2 unspecified atom stereocenters. The van der Waals surface area contributed by atoms with Crippen LogP contribution in [0.15, 0.2) is 4.90 Å². The zero-order valence-corrected chi connectivity index (χ0v) is 12.4. The molecule has 2 atom stereocenters. The number of nitrogens with two attached hydrogens (primary N) is 1. The lowest BCUT2D eigenvalue weighted by Crippen LogP contribution is -2.33. The van der Waals surface area contributed by atoms with Crippen molar-refractivity contribution < 1.29 is 12.6 Å². The van der Waals surface area contributed by atoms with Gasteiger partial charge in [0.15, 0.2) is 5.82 Å². The Labute approximate surface area is 109 Å². The number of nitrogen functional groups attached to an aromatic ring is 1. The predicted molar refractivity (Wildman–Crippen MR) is 71.1 cm³/mol. The smallest absolute Gasteiger partial charge is 0.246 e. The van der Waals surface area contributed by atoms with Crippen LogP contribution in [-0.4, -0.2) is 40.5 Å². The summed E-state index contributed by atoms with van der Waals surface area (Å²) in [4.78, 5) is -0.0147. The number of anilines is 1. The highest BCUT2D eigenvalue weighted by Crippen LogP contribution is 2.20. The van der Waals surface area contributed by atoms with Crippen molar-refractivity contribution in [3.63, 3.8) is 0 Å². The highest BCUT2D eigenvalue weighted by atomic mass is 32.2. The van der Waals surface area contributed by atoms with Gasteiger partial charge in [-0.1, -0.05) is 0 Å². The number of aromatic nitrogens is 2. The average molecular weight is 294 g/mol. The van der Waals surface area contributed by atoms with Crippen LogP contribution in [0.3, 0.4) is 0 Å². The first-order valence-electron chi connectivity index (χ1n) is 5.27. The lowest BCUT2D eigenvalue weighted by molar-refractivity contribution is 0.580. The number of rotatable bonds is 5. The fourth-order valence-corrected chi connectivity index (χ4v) is 3.24. The van der Waals surface area contributed by atoms with Crippen LogP contribution < -0.4 is 10.5 Å². The molecule has 0 spiro atoms. The number of nitrogens with one attached hydrogen (secondary N) is 1. The molecule has 0 saturated carbocycles. The molecule has 1 aromatic heterocycles. The van der Waals surface area contributed by atoms with E-state index in [9.17, 15) is 12.6 Å². The van der Waals surface area contributed by atoms with Crippen LogP contribution in [0.2, 0.25) is 0 Å². The summed E-state index contributed by atoms with van der Waals surface area (Å²) in [5.41, 5.74) is 6.05. The van der Waals surface area contributed by atoms with Gasteiger partial charge in [0.05, 0.1) is 5.69 Å². The minimum absolute atomic E-state index is 0.0147. The molecular weight excluding hydrogens is 276 g/mol. The minimum Gasteiger partial charge on any atom is -0.381 e. The zero-order chi connectivity index (χ0) is 14.1. The van der Waals surface area contributed by atoms with E-state index in [1.807, 2.05) is 0 Å². The van der Waals surface area contributed by atoms with E-state index in [0.29, 0.717) is 5.69 Å². The van der Waals surface area contributed by atoms with Crippen LogP contribution in [-0.2, 0) is 27.9 Å². The van der Waals surface area contributed by atoms with Crippen LogP contribution in [0.1, 0.15) is 12.6 Å². The Morgan fingerprint density at radius 3 is 2.50 bits per heavy atom. The standard InChI is InChI=1S/C9H18N4O3S2/c1-6(17(4)14)5-11-18(15,16)8-7(2)13(3)12-9(8)10/h6,11H,5H2,1-4H3,(H2,10,12). The summed E-state index contributed by atoms with van der Waals surface area (Å²) >= 11 is 0. The van der Waals surface area contributed by atoms with Crippen molar-refractivity contribution in [2.75, 3.05) is 18.5 Å². The second-order valence-corrected chi connectivity index (χ2v) is 7.59. The van der Waals surface area contributed by atoms with Gasteiger partial charge in [0, 0.05) is 35.9 Å². The van der Waals surface area contributed by atoms with E-state index in [2.05, 4.69) is 9.82 Å². The molecule has 0 aliphatic rings. The second kappa shape index (κ2) is 5.37. The summed E-state index contributed by atoms with van der Waals surface area (Å²) in [5, 5.41) is 3.59. The molecular formula is C9H18N4O3S2. The molecule has 18 heavy (non-hydrogen) atoms. The van der Waals surface area contributed by atoms with Crippen molar-refractivity contribution in [3.05, 3.63) is 5.69 Å². The first-order chi connectivity index (χ1) is 8.16. The van der Waals surface area contributed by atoms with E-state index in [-0.39, 0.29) is 22.5 Å². The fourth-order valence-electron chi connectivity index (χ4n) is 1.36. The molecule has 0 saturated heterocycles. The molecule has 0 aliphatic carbocycles. The number of nitrogens with zero attached hydrogens (tertiary/aromatic N) is 2. The van der Waals surface area contributed by atoms with Crippen molar-refractivity contribution in [2.45, 2.75) is 24.0 Å². The Morgan fingerprint density at radius 1 is 1.56 bits per heavy atom. The lowest BCUT2D eigenvalue weighted by atomic mass is 10.5. The Kier molecular flexibility index (Phi) is 4.51. The summed E-state index contributed by atoms with van der Waals surface area (Å²) in [7, 11) is -3.19. The van der Waals surface area contributed by atoms with Gasteiger partial charge in [0.1, 0.15) is 4.90 Å². The summed E-state index contributed by atoms with van der Waals surface area (Å²) < 4.78 is 39.1. The van der Waals surface area contributed by atoms with Crippen molar-refractivity contribution >= 4 is 26.6 Å². The number of sulfonamides is 1. The van der Waals surface area contributed by atoms with Gasteiger partial charge in [-0.3, -0.25) is 8.89 Å². The molecule has 1 aromatic rings. The maximum absolute atomic E-state index is 12.1. The first kappa shape index (κ1) is 15.1.